The molecule has 0 heterocycles. The van der Waals surface area contributed by atoms with Gasteiger partial charge >= 0.3 is 12.2 Å². The van der Waals surface area contributed by atoms with E-state index in [2.05, 4.69) is 10.6 Å². The number of carbonyl (C=O) groups is 1. The molecular formula is C11H21F3N2O3. The summed E-state index contributed by atoms with van der Waals surface area (Å²) < 4.78 is 41.4. The van der Waals surface area contributed by atoms with E-state index >= 15 is 0 Å². The van der Waals surface area contributed by atoms with E-state index in [1.165, 1.54) is 0 Å². The monoisotopic (exact) mass is 286 g/mol. The van der Waals surface area contributed by atoms with Gasteiger partial charge in [-0.05, 0) is 19.8 Å². The molecule has 0 fully saturated rings. The minimum absolute atomic E-state index is 0.132. The molecule has 114 valence electrons. The van der Waals surface area contributed by atoms with E-state index < -0.39 is 24.7 Å². The Morgan fingerprint density at radius 3 is 2.53 bits per heavy atom. The average Bonchev–Trinajstić information content (AvgIpc) is 2.30. The number of hydrogen-bond acceptors (Lipinski definition) is 3. The first-order chi connectivity index (χ1) is 8.89. The van der Waals surface area contributed by atoms with Gasteiger partial charge in [0.1, 0.15) is 0 Å². The molecule has 0 aromatic heterocycles. The second-order valence-corrected chi connectivity index (χ2v) is 3.98. The second-order valence-electron chi connectivity index (χ2n) is 3.98. The zero-order chi connectivity index (χ0) is 14.7. The molecule has 0 unspecified atom stereocenters. The highest BCUT2D eigenvalue weighted by atomic mass is 19.4. The number of ether oxygens (including phenoxy) is 1. The summed E-state index contributed by atoms with van der Waals surface area (Å²) in [6.45, 7) is 2.30. The van der Waals surface area contributed by atoms with Crippen molar-refractivity contribution in [3.8, 4) is 0 Å². The Labute approximate surface area is 110 Å². The third kappa shape index (κ3) is 11.8. The smallest absolute Gasteiger partial charge is 0.389 e. The third-order valence-corrected chi connectivity index (χ3v) is 2.30. The number of alkyl halides is 3. The maximum Gasteiger partial charge on any atom is 0.389 e. The van der Waals surface area contributed by atoms with Crippen molar-refractivity contribution in [1.29, 1.82) is 0 Å². The number of rotatable bonds is 9. The number of halogens is 3. The van der Waals surface area contributed by atoms with Gasteiger partial charge in [0.15, 0.2) is 0 Å². The summed E-state index contributed by atoms with van der Waals surface area (Å²) in [5.74, 6) is 0. The van der Waals surface area contributed by atoms with Crippen molar-refractivity contribution in [3.05, 3.63) is 0 Å². The molecule has 0 rings (SSSR count). The lowest BCUT2D eigenvalue weighted by atomic mass is 10.1. The quantitative estimate of drug-likeness (QED) is 0.561. The second kappa shape index (κ2) is 9.85. The van der Waals surface area contributed by atoms with Gasteiger partial charge < -0.3 is 20.5 Å². The van der Waals surface area contributed by atoms with Crippen LogP contribution in [-0.2, 0) is 4.74 Å². The summed E-state index contributed by atoms with van der Waals surface area (Å²) in [4.78, 5) is 11.3. The summed E-state index contributed by atoms with van der Waals surface area (Å²) in [7, 11) is 0. The lowest BCUT2D eigenvalue weighted by Gasteiger charge is -2.19. The van der Waals surface area contributed by atoms with Gasteiger partial charge in [0, 0.05) is 25.6 Å². The van der Waals surface area contributed by atoms with E-state index in [4.69, 9.17) is 9.84 Å². The summed E-state index contributed by atoms with van der Waals surface area (Å²) >= 11 is 0. The fraction of sp³-hybridized carbons (Fsp3) is 0.909. The normalized spacial score (nSPS) is 13.1. The Bertz CT molecular complexity index is 250. The largest absolute Gasteiger partial charge is 0.394 e. The van der Waals surface area contributed by atoms with Crippen molar-refractivity contribution in [2.45, 2.75) is 38.4 Å². The van der Waals surface area contributed by atoms with E-state index in [0.717, 1.165) is 0 Å². The van der Waals surface area contributed by atoms with Crippen LogP contribution in [0.3, 0.4) is 0 Å². The highest BCUT2D eigenvalue weighted by molar-refractivity contribution is 5.74. The fourth-order valence-corrected chi connectivity index (χ4v) is 1.42. The van der Waals surface area contributed by atoms with Gasteiger partial charge in [-0.15, -0.1) is 0 Å². The average molecular weight is 286 g/mol. The maximum absolute atomic E-state index is 12.2. The Morgan fingerprint density at radius 2 is 2.00 bits per heavy atom. The topological polar surface area (TPSA) is 70.6 Å². The summed E-state index contributed by atoms with van der Waals surface area (Å²) in [5.41, 5.74) is 0. The van der Waals surface area contributed by atoms with Crippen molar-refractivity contribution >= 4 is 6.03 Å². The molecule has 0 radical (unpaired) electrons. The molecule has 0 saturated carbocycles. The van der Waals surface area contributed by atoms with Gasteiger partial charge in [0.05, 0.1) is 13.2 Å². The first-order valence-electron chi connectivity index (χ1n) is 6.18. The number of aliphatic hydroxyl groups excluding tert-OH is 1. The molecule has 5 nitrogen and oxygen atoms in total. The molecule has 8 heteroatoms. The Kier molecular flexibility index (Phi) is 9.32. The van der Waals surface area contributed by atoms with Crippen LogP contribution >= 0.6 is 0 Å². The molecule has 1 atom stereocenters. The predicted molar refractivity (Wildman–Crippen MR) is 63.8 cm³/mol. The molecule has 3 N–H and O–H groups in total. The number of carbonyl (C=O) groups excluding carboxylic acids is 1. The van der Waals surface area contributed by atoms with Gasteiger partial charge in [-0.25, -0.2) is 4.79 Å². The van der Waals surface area contributed by atoms with Crippen molar-refractivity contribution in [1.82, 2.24) is 10.6 Å². The molecule has 0 bridgehead atoms. The fourth-order valence-electron chi connectivity index (χ4n) is 1.42. The van der Waals surface area contributed by atoms with E-state index in [0.29, 0.717) is 6.54 Å². The molecule has 0 aliphatic heterocycles. The number of nitrogens with one attached hydrogen (secondary N) is 2. The Morgan fingerprint density at radius 1 is 1.32 bits per heavy atom. The molecule has 0 aromatic carbocycles. The van der Waals surface area contributed by atoms with E-state index in [1.54, 1.807) is 6.92 Å². The van der Waals surface area contributed by atoms with E-state index in [9.17, 15) is 18.0 Å². The SMILES string of the molecule is CCNC(=O)N[C@H](CCOCCO)CCC(F)(F)F. The standard InChI is InChI=1S/C11H21F3N2O3/c1-2-15-10(18)16-9(3-5-11(12,13)14)4-7-19-8-6-17/h9,17H,2-8H2,1H3,(H2,15,16,18)/t9-/m0/s1. The number of aliphatic hydroxyl groups is 1. The number of amides is 2. The van der Waals surface area contributed by atoms with Crippen molar-refractivity contribution in [3.63, 3.8) is 0 Å². The first-order valence-corrected chi connectivity index (χ1v) is 6.18. The molecular weight excluding hydrogens is 265 g/mol. The molecule has 0 aliphatic rings. The maximum atomic E-state index is 12.2. The molecule has 0 aliphatic carbocycles. The van der Waals surface area contributed by atoms with Gasteiger partial charge in [0.25, 0.3) is 0 Å². The molecule has 2 amide bonds. The predicted octanol–water partition coefficient (Wildman–Crippen LogP) is 1.42. The van der Waals surface area contributed by atoms with Crippen LogP contribution in [0, 0.1) is 0 Å². The summed E-state index contributed by atoms with van der Waals surface area (Å²) in [6, 6.07) is -1.09. The van der Waals surface area contributed by atoms with Crippen LogP contribution in [0.15, 0.2) is 0 Å². The van der Waals surface area contributed by atoms with E-state index in [-0.39, 0.29) is 32.7 Å². The van der Waals surface area contributed by atoms with Crippen LogP contribution in [0.25, 0.3) is 0 Å². The number of urea groups is 1. The molecule has 19 heavy (non-hydrogen) atoms. The lowest BCUT2D eigenvalue weighted by Crippen LogP contribution is -2.43. The minimum atomic E-state index is -4.24. The van der Waals surface area contributed by atoms with Crippen molar-refractivity contribution in [2.24, 2.45) is 0 Å². The highest BCUT2D eigenvalue weighted by Gasteiger charge is 2.28. The van der Waals surface area contributed by atoms with Crippen LogP contribution < -0.4 is 10.6 Å². The molecule has 0 aromatic rings. The van der Waals surface area contributed by atoms with Crippen molar-refractivity contribution in [2.75, 3.05) is 26.4 Å². The summed E-state index contributed by atoms with van der Waals surface area (Å²) in [6.07, 6.45) is -5.12. The van der Waals surface area contributed by atoms with Crippen LogP contribution in [0.1, 0.15) is 26.2 Å². The Hall–Kier alpha value is -1.02. The zero-order valence-corrected chi connectivity index (χ0v) is 10.9. The van der Waals surface area contributed by atoms with Gasteiger partial charge in [-0.2, -0.15) is 13.2 Å². The van der Waals surface area contributed by atoms with E-state index in [1.807, 2.05) is 0 Å². The number of hydrogen-bond donors (Lipinski definition) is 3. The van der Waals surface area contributed by atoms with Crippen LogP contribution in [-0.4, -0.2) is 49.7 Å². The molecule has 0 saturated heterocycles. The van der Waals surface area contributed by atoms with Crippen LogP contribution in [0.2, 0.25) is 0 Å². The highest BCUT2D eigenvalue weighted by Crippen LogP contribution is 2.22. The van der Waals surface area contributed by atoms with Crippen molar-refractivity contribution < 1.29 is 27.8 Å². The lowest BCUT2D eigenvalue weighted by molar-refractivity contribution is -0.136. The van der Waals surface area contributed by atoms with Crippen LogP contribution in [0.5, 0.6) is 0 Å². The van der Waals surface area contributed by atoms with Gasteiger partial charge in [-0.3, -0.25) is 0 Å². The van der Waals surface area contributed by atoms with Gasteiger partial charge in [-0.1, -0.05) is 0 Å². The first kappa shape index (κ1) is 18.0. The molecule has 0 spiro atoms. The van der Waals surface area contributed by atoms with Gasteiger partial charge in [0.2, 0.25) is 0 Å². The summed E-state index contributed by atoms with van der Waals surface area (Å²) in [5, 5.41) is 13.4. The van der Waals surface area contributed by atoms with Crippen LogP contribution in [0.4, 0.5) is 18.0 Å². The zero-order valence-electron chi connectivity index (χ0n) is 10.9. The third-order valence-electron chi connectivity index (χ3n) is 2.30. The Balaban J connectivity index is 4.10. The minimum Gasteiger partial charge on any atom is -0.394 e.